The standard InChI is InChI=1S/C20H27N3O2/c1-15-17(13-21-22(15)2)14-23-9-7-20(8-10-23)19-5-4-18(24-3)12-16(19)6-11-25-20/h4-5,12-13H,6-11,14H2,1-3H3. The fraction of sp³-hybridized carbons (Fsp3) is 0.550. The van der Waals surface area contributed by atoms with Crippen LogP contribution >= 0.6 is 0 Å². The Kier molecular flexibility index (Phi) is 4.29. The molecule has 0 atom stereocenters. The Morgan fingerprint density at radius 2 is 2.08 bits per heavy atom. The van der Waals surface area contributed by atoms with E-state index in [4.69, 9.17) is 9.47 Å². The lowest BCUT2D eigenvalue weighted by atomic mass is 9.79. The Hall–Kier alpha value is -1.85. The zero-order chi connectivity index (χ0) is 17.4. The number of hydrogen-bond acceptors (Lipinski definition) is 4. The topological polar surface area (TPSA) is 39.5 Å². The van der Waals surface area contributed by atoms with Crippen molar-refractivity contribution in [1.82, 2.24) is 14.7 Å². The quantitative estimate of drug-likeness (QED) is 0.861. The van der Waals surface area contributed by atoms with E-state index in [0.717, 1.165) is 51.3 Å². The third-order valence-electron chi connectivity index (χ3n) is 5.95. The highest BCUT2D eigenvalue weighted by Crippen LogP contribution is 2.42. The largest absolute Gasteiger partial charge is 0.497 e. The minimum atomic E-state index is -0.111. The van der Waals surface area contributed by atoms with Crippen LogP contribution in [-0.4, -0.2) is 41.5 Å². The maximum absolute atomic E-state index is 6.35. The van der Waals surface area contributed by atoms with Gasteiger partial charge in [0.25, 0.3) is 0 Å². The van der Waals surface area contributed by atoms with Gasteiger partial charge < -0.3 is 9.47 Å². The SMILES string of the molecule is COc1ccc2c(c1)CCOC21CCN(Cc2cnn(C)c2C)CC1. The summed E-state index contributed by atoms with van der Waals surface area (Å²) in [6.45, 7) is 6.04. The first-order chi connectivity index (χ1) is 12.1. The Bertz CT molecular complexity index is 760. The van der Waals surface area contributed by atoms with Crippen molar-refractivity contribution in [2.45, 2.75) is 38.3 Å². The second-order valence-corrected chi connectivity index (χ2v) is 7.27. The molecule has 1 aromatic heterocycles. The van der Waals surface area contributed by atoms with Crippen molar-refractivity contribution in [1.29, 1.82) is 0 Å². The molecule has 0 amide bonds. The first-order valence-electron chi connectivity index (χ1n) is 9.12. The van der Waals surface area contributed by atoms with Gasteiger partial charge in [0.15, 0.2) is 0 Å². The van der Waals surface area contributed by atoms with Crippen molar-refractivity contribution in [3.8, 4) is 5.75 Å². The summed E-state index contributed by atoms with van der Waals surface area (Å²) in [6, 6.07) is 6.47. The maximum Gasteiger partial charge on any atom is 0.119 e. The molecule has 5 heteroatoms. The number of hydrogen-bond donors (Lipinski definition) is 0. The van der Waals surface area contributed by atoms with E-state index in [2.05, 4.69) is 35.1 Å². The van der Waals surface area contributed by atoms with Crippen LogP contribution in [0.2, 0.25) is 0 Å². The van der Waals surface area contributed by atoms with Crippen LogP contribution in [0.25, 0.3) is 0 Å². The van der Waals surface area contributed by atoms with Crippen LogP contribution in [0.5, 0.6) is 5.75 Å². The van der Waals surface area contributed by atoms with Gasteiger partial charge in [0, 0.05) is 37.9 Å². The van der Waals surface area contributed by atoms with Gasteiger partial charge in [-0.1, -0.05) is 6.07 Å². The zero-order valence-corrected chi connectivity index (χ0v) is 15.4. The van der Waals surface area contributed by atoms with Crippen molar-refractivity contribution in [3.05, 3.63) is 46.8 Å². The summed E-state index contributed by atoms with van der Waals surface area (Å²) in [5.74, 6) is 0.945. The highest BCUT2D eigenvalue weighted by atomic mass is 16.5. The Labute approximate surface area is 149 Å². The van der Waals surface area contributed by atoms with Gasteiger partial charge in [-0.25, -0.2) is 0 Å². The number of piperidine rings is 1. The molecule has 0 radical (unpaired) electrons. The maximum atomic E-state index is 6.35. The molecule has 3 heterocycles. The number of aryl methyl sites for hydroxylation is 1. The average molecular weight is 341 g/mol. The van der Waals surface area contributed by atoms with Crippen molar-refractivity contribution >= 4 is 0 Å². The van der Waals surface area contributed by atoms with E-state index < -0.39 is 0 Å². The van der Waals surface area contributed by atoms with E-state index in [9.17, 15) is 0 Å². The van der Waals surface area contributed by atoms with Crippen LogP contribution in [0.3, 0.4) is 0 Å². The molecule has 134 valence electrons. The van der Waals surface area contributed by atoms with Crippen LogP contribution in [0.1, 0.15) is 35.2 Å². The van der Waals surface area contributed by atoms with E-state index in [-0.39, 0.29) is 5.60 Å². The molecule has 0 N–H and O–H groups in total. The fourth-order valence-electron chi connectivity index (χ4n) is 4.21. The molecule has 5 nitrogen and oxygen atoms in total. The Morgan fingerprint density at radius 1 is 1.28 bits per heavy atom. The molecule has 1 spiro atoms. The van der Waals surface area contributed by atoms with Crippen molar-refractivity contribution in [2.24, 2.45) is 7.05 Å². The fourth-order valence-corrected chi connectivity index (χ4v) is 4.21. The molecule has 2 aliphatic heterocycles. The normalized spacial score (nSPS) is 19.8. The van der Waals surface area contributed by atoms with Gasteiger partial charge in [-0.3, -0.25) is 9.58 Å². The number of benzene rings is 1. The van der Waals surface area contributed by atoms with Gasteiger partial charge in [-0.2, -0.15) is 5.10 Å². The lowest BCUT2D eigenvalue weighted by Crippen LogP contribution is -2.46. The zero-order valence-electron chi connectivity index (χ0n) is 15.4. The first kappa shape index (κ1) is 16.6. The molecule has 0 bridgehead atoms. The van der Waals surface area contributed by atoms with Crippen LogP contribution < -0.4 is 4.74 Å². The molecule has 0 aliphatic carbocycles. The molecular formula is C20H27N3O2. The molecule has 0 saturated carbocycles. The van der Waals surface area contributed by atoms with Gasteiger partial charge >= 0.3 is 0 Å². The van der Waals surface area contributed by atoms with Gasteiger partial charge in [-0.05, 0) is 49.4 Å². The van der Waals surface area contributed by atoms with Crippen LogP contribution in [-0.2, 0) is 30.4 Å². The first-order valence-corrected chi connectivity index (χ1v) is 9.12. The average Bonchev–Trinajstić information content (AvgIpc) is 2.95. The van der Waals surface area contributed by atoms with Crippen LogP contribution in [0.4, 0.5) is 0 Å². The Balaban J connectivity index is 1.49. The predicted molar refractivity (Wildman–Crippen MR) is 96.8 cm³/mol. The number of fused-ring (bicyclic) bond motifs is 2. The second-order valence-electron chi connectivity index (χ2n) is 7.27. The van der Waals surface area contributed by atoms with Gasteiger partial charge in [-0.15, -0.1) is 0 Å². The molecule has 4 rings (SSSR count). The minimum absolute atomic E-state index is 0.111. The summed E-state index contributed by atoms with van der Waals surface area (Å²) < 4.78 is 13.7. The van der Waals surface area contributed by atoms with Crippen LogP contribution in [0.15, 0.2) is 24.4 Å². The predicted octanol–water partition coefficient (Wildman–Crippen LogP) is 2.80. The number of likely N-dealkylation sites (tertiary alicyclic amines) is 1. The third kappa shape index (κ3) is 2.96. The summed E-state index contributed by atoms with van der Waals surface area (Å²) in [7, 11) is 3.74. The molecule has 25 heavy (non-hydrogen) atoms. The number of rotatable bonds is 3. The summed E-state index contributed by atoms with van der Waals surface area (Å²) >= 11 is 0. The molecule has 0 unspecified atom stereocenters. The minimum Gasteiger partial charge on any atom is -0.497 e. The molecule has 2 aromatic rings. The summed E-state index contributed by atoms with van der Waals surface area (Å²) in [5, 5.41) is 4.36. The summed E-state index contributed by atoms with van der Waals surface area (Å²) in [5.41, 5.74) is 5.24. The summed E-state index contributed by atoms with van der Waals surface area (Å²) in [6.07, 6.45) is 5.07. The Morgan fingerprint density at radius 3 is 2.76 bits per heavy atom. The van der Waals surface area contributed by atoms with Gasteiger partial charge in [0.1, 0.15) is 5.75 Å². The van der Waals surface area contributed by atoms with E-state index in [1.165, 1.54) is 22.4 Å². The van der Waals surface area contributed by atoms with Crippen molar-refractivity contribution < 1.29 is 9.47 Å². The van der Waals surface area contributed by atoms with Gasteiger partial charge in [0.05, 0.1) is 25.5 Å². The van der Waals surface area contributed by atoms with Gasteiger partial charge in [0.2, 0.25) is 0 Å². The van der Waals surface area contributed by atoms with Crippen molar-refractivity contribution in [3.63, 3.8) is 0 Å². The smallest absolute Gasteiger partial charge is 0.119 e. The monoisotopic (exact) mass is 341 g/mol. The molecule has 2 aliphatic rings. The molecule has 1 aromatic carbocycles. The van der Waals surface area contributed by atoms with E-state index in [1.54, 1.807) is 7.11 Å². The van der Waals surface area contributed by atoms with E-state index >= 15 is 0 Å². The highest BCUT2D eigenvalue weighted by molar-refractivity contribution is 5.41. The number of methoxy groups -OCH3 is 1. The lowest BCUT2D eigenvalue weighted by Gasteiger charge is -2.45. The molecular weight excluding hydrogens is 314 g/mol. The third-order valence-corrected chi connectivity index (χ3v) is 5.95. The van der Waals surface area contributed by atoms with E-state index in [1.807, 2.05) is 17.9 Å². The lowest BCUT2D eigenvalue weighted by molar-refractivity contribution is -0.0989. The number of nitrogens with zero attached hydrogens (tertiary/aromatic N) is 3. The number of aromatic nitrogens is 2. The molecule has 1 saturated heterocycles. The molecule has 1 fully saturated rings. The van der Waals surface area contributed by atoms with E-state index in [0.29, 0.717) is 0 Å². The number of ether oxygens (including phenoxy) is 2. The highest BCUT2D eigenvalue weighted by Gasteiger charge is 2.40. The summed E-state index contributed by atoms with van der Waals surface area (Å²) in [4.78, 5) is 2.52. The van der Waals surface area contributed by atoms with Crippen LogP contribution in [0, 0.1) is 6.92 Å². The second kappa shape index (κ2) is 6.46. The van der Waals surface area contributed by atoms with Crippen molar-refractivity contribution in [2.75, 3.05) is 26.8 Å².